The Bertz CT molecular complexity index is 416. The Labute approximate surface area is 123 Å². The van der Waals surface area contributed by atoms with Gasteiger partial charge in [0, 0.05) is 12.1 Å². The van der Waals surface area contributed by atoms with Gasteiger partial charge < -0.3 is 4.90 Å². The molecule has 112 valence electrons. The highest BCUT2D eigenvalue weighted by molar-refractivity contribution is 5.58. The van der Waals surface area contributed by atoms with Crippen LogP contribution in [0.4, 0.5) is 10.1 Å². The van der Waals surface area contributed by atoms with E-state index in [0.29, 0.717) is 12.1 Å². The lowest BCUT2D eigenvalue weighted by molar-refractivity contribution is 0.459. The fraction of sp³-hybridized carbons (Fsp3) is 0.667. The summed E-state index contributed by atoms with van der Waals surface area (Å²) < 4.78 is 14.4. The average molecular weight is 277 g/mol. The summed E-state index contributed by atoms with van der Waals surface area (Å²) >= 11 is 0. The zero-order chi connectivity index (χ0) is 14.7. The Morgan fingerprint density at radius 2 is 1.70 bits per heavy atom. The van der Waals surface area contributed by atoms with E-state index < -0.39 is 0 Å². The van der Waals surface area contributed by atoms with Gasteiger partial charge in [0.1, 0.15) is 5.82 Å². The molecule has 2 bridgehead atoms. The first kappa shape index (κ1) is 15.3. The van der Waals surface area contributed by atoms with E-state index in [4.69, 9.17) is 0 Å². The van der Waals surface area contributed by atoms with E-state index in [9.17, 15) is 4.39 Å². The fourth-order valence-corrected chi connectivity index (χ4v) is 3.82. The highest BCUT2D eigenvalue weighted by atomic mass is 19.1. The Hall–Kier alpha value is -1.05. The van der Waals surface area contributed by atoms with E-state index in [0.717, 1.165) is 23.2 Å². The van der Waals surface area contributed by atoms with Crippen molar-refractivity contribution < 1.29 is 4.39 Å². The van der Waals surface area contributed by atoms with Crippen LogP contribution in [0.1, 0.15) is 64.0 Å². The summed E-state index contributed by atoms with van der Waals surface area (Å²) in [6, 6.07) is 5.07. The first-order valence-corrected chi connectivity index (χ1v) is 8.28. The molecule has 0 spiro atoms. The van der Waals surface area contributed by atoms with Crippen LogP contribution >= 0.6 is 0 Å². The highest BCUT2D eigenvalue weighted by Crippen LogP contribution is 2.41. The first-order valence-electron chi connectivity index (χ1n) is 8.28. The quantitative estimate of drug-likeness (QED) is 0.714. The van der Waals surface area contributed by atoms with Gasteiger partial charge in [-0.1, -0.05) is 26.8 Å². The number of hydrogen-bond donors (Lipinski definition) is 0. The Kier molecular flexibility index (Phi) is 5.06. The van der Waals surface area contributed by atoms with Crippen LogP contribution in [0.2, 0.25) is 0 Å². The van der Waals surface area contributed by atoms with Crippen LogP contribution < -0.4 is 4.90 Å². The van der Waals surface area contributed by atoms with E-state index in [1.807, 2.05) is 13.8 Å². The Morgan fingerprint density at radius 1 is 1.10 bits per heavy atom. The Balaban J connectivity index is 0.000000704. The van der Waals surface area contributed by atoms with Gasteiger partial charge in [-0.05, 0) is 62.6 Å². The van der Waals surface area contributed by atoms with Crippen LogP contribution in [0.25, 0.3) is 0 Å². The molecule has 1 nitrogen and oxygen atoms in total. The van der Waals surface area contributed by atoms with Crippen LogP contribution in [-0.4, -0.2) is 12.1 Å². The molecule has 2 heterocycles. The number of halogens is 1. The molecule has 0 aromatic heterocycles. The molecule has 2 aliphatic rings. The normalized spacial score (nSPS) is 24.4. The van der Waals surface area contributed by atoms with Gasteiger partial charge >= 0.3 is 0 Å². The zero-order valence-corrected chi connectivity index (χ0v) is 13.4. The monoisotopic (exact) mass is 277 g/mol. The molecule has 3 rings (SSSR count). The lowest BCUT2D eigenvalue weighted by Gasteiger charge is -2.38. The SMILES string of the molecule is CC.CCc1cc(C)c(N2C3CCCC2CC3)c(F)c1. The van der Waals surface area contributed by atoms with E-state index in [1.165, 1.54) is 32.1 Å². The van der Waals surface area contributed by atoms with Gasteiger partial charge in [-0.25, -0.2) is 4.39 Å². The summed E-state index contributed by atoms with van der Waals surface area (Å²) in [5.41, 5.74) is 3.11. The van der Waals surface area contributed by atoms with E-state index >= 15 is 0 Å². The second-order valence-electron chi connectivity index (χ2n) is 5.82. The average Bonchev–Trinajstić information content (AvgIpc) is 2.70. The molecule has 1 aromatic carbocycles. The summed E-state index contributed by atoms with van der Waals surface area (Å²) in [6.07, 6.45) is 7.21. The van der Waals surface area contributed by atoms with Crippen molar-refractivity contribution in [3.8, 4) is 0 Å². The molecule has 0 saturated carbocycles. The lowest BCUT2D eigenvalue weighted by Crippen LogP contribution is -2.40. The third-order valence-corrected chi connectivity index (χ3v) is 4.67. The minimum atomic E-state index is -0.00866. The minimum Gasteiger partial charge on any atom is -0.363 e. The van der Waals surface area contributed by atoms with Crippen molar-refractivity contribution >= 4 is 5.69 Å². The number of rotatable bonds is 2. The van der Waals surface area contributed by atoms with Crippen LogP contribution in [0.3, 0.4) is 0 Å². The minimum absolute atomic E-state index is 0.00866. The predicted octanol–water partition coefficient (Wildman–Crippen LogP) is 5.24. The molecule has 20 heavy (non-hydrogen) atoms. The van der Waals surface area contributed by atoms with Crippen molar-refractivity contribution in [1.82, 2.24) is 0 Å². The second kappa shape index (κ2) is 6.60. The van der Waals surface area contributed by atoms with Gasteiger partial charge in [0.25, 0.3) is 0 Å². The molecule has 0 radical (unpaired) electrons. The van der Waals surface area contributed by atoms with Gasteiger partial charge in [0.15, 0.2) is 0 Å². The molecule has 0 amide bonds. The highest BCUT2D eigenvalue weighted by Gasteiger charge is 2.38. The number of benzene rings is 1. The largest absolute Gasteiger partial charge is 0.363 e. The first-order chi connectivity index (χ1) is 9.70. The molecular formula is C18H28FN. The van der Waals surface area contributed by atoms with E-state index in [2.05, 4.69) is 24.8 Å². The van der Waals surface area contributed by atoms with Gasteiger partial charge in [-0.3, -0.25) is 0 Å². The summed E-state index contributed by atoms with van der Waals surface area (Å²) in [6.45, 7) is 8.14. The number of piperidine rings is 1. The van der Waals surface area contributed by atoms with Crippen LogP contribution in [0.15, 0.2) is 12.1 Å². The molecule has 2 saturated heterocycles. The van der Waals surface area contributed by atoms with Crippen molar-refractivity contribution in [3.63, 3.8) is 0 Å². The van der Waals surface area contributed by atoms with Crippen molar-refractivity contribution in [2.45, 2.75) is 78.3 Å². The van der Waals surface area contributed by atoms with Gasteiger partial charge in [0.2, 0.25) is 0 Å². The molecule has 2 heteroatoms. The molecule has 2 fully saturated rings. The predicted molar refractivity (Wildman–Crippen MR) is 85.0 cm³/mol. The number of aryl methyl sites for hydroxylation is 2. The summed E-state index contributed by atoms with van der Waals surface area (Å²) in [4.78, 5) is 2.40. The molecule has 0 N–H and O–H groups in total. The van der Waals surface area contributed by atoms with Crippen molar-refractivity contribution in [1.29, 1.82) is 0 Å². The summed E-state index contributed by atoms with van der Waals surface area (Å²) in [5.74, 6) is -0.00866. The van der Waals surface area contributed by atoms with Gasteiger partial charge in [-0.15, -0.1) is 0 Å². The molecule has 2 aliphatic heterocycles. The maximum atomic E-state index is 14.4. The molecule has 2 atom stereocenters. The zero-order valence-electron chi connectivity index (χ0n) is 13.4. The summed E-state index contributed by atoms with van der Waals surface area (Å²) in [7, 11) is 0. The van der Waals surface area contributed by atoms with Crippen molar-refractivity contribution in [2.24, 2.45) is 0 Å². The van der Waals surface area contributed by atoms with Crippen LogP contribution in [0, 0.1) is 12.7 Å². The third kappa shape index (κ3) is 2.70. The number of nitrogens with zero attached hydrogens (tertiary/aromatic N) is 1. The van der Waals surface area contributed by atoms with E-state index in [-0.39, 0.29) is 5.82 Å². The number of fused-ring (bicyclic) bond motifs is 2. The lowest BCUT2D eigenvalue weighted by atomic mass is 9.99. The Morgan fingerprint density at radius 3 is 2.20 bits per heavy atom. The molecule has 1 aromatic rings. The molecule has 0 aliphatic carbocycles. The summed E-state index contributed by atoms with van der Waals surface area (Å²) in [5, 5.41) is 0. The van der Waals surface area contributed by atoms with Crippen molar-refractivity contribution in [2.75, 3.05) is 4.90 Å². The topological polar surface area (TPSA) is 3.24 Å². The van der Waals surface area contributed by atoms with Gasteiger partial charge in [0.05, 0.1) is 5.69 Å². The van der Waals surface area contributed by atoms with E-state index in [1.54, 1.807) is 6.07 Å². The molecule has 2 unspecified atom stereocenters. The smallest absolute Gasteiger partial charge is 0.147 e. The van der Waals surface area contributed by atoms with Crippen molar-refractivity contribution in [3.05, 3.63) is 29.1 Å². The standard InChI is InChI=1S/C16H22FN.C2H6/c1-3-12-9-11(2)16(15(17)10-12)18-13-5-4-6-14(18)8-7-13;1-2/h9-10,13-14H,3-8H2,1-2H3;1-2H3. The maximum absolute atomic E-state index is 14.4. The number of anilines is 1. The fourth-order valence-electron chi connectivity index (χ4n) is 3.82. The van der Waals surface area contributed by atoms with Crippen LogP contribution in [-0.2, 0) is 6.42 Å². The maximum Gasteiger partial charge on any atom is 0.147 e. The molecular weight excluding hydrogens is 249 g/mol. The number of hydrogen-bond acceptors (Lipinski definition) is 1. The van der Waals surface area contributed by atoms with Crippen LogP contribution in [0.5, 0.6) is 0 Å². The van der Waals surface area contributed by atoms with Gasteiger partial charge in [-0.2, -0.15) is 0 Å². The third-order valence-electron chi connectivity index (χ3n) is 4.67. The second-order valence-corrected chi connectivity index (χ2v) is 5.82.